The van der Waals surface area contributed by atoms with Gasteiger partial charge in [-0.3, -0.25) is 4.79 Å². The predicted molar refractivity (Wildman–Crippen MR) is 100 cm³/mol. The molecule has 4 nitrogen and oxygen atoms in total. The number of para-hydroxylation sites is 1. The second-order valence-corrected chi connectivity index (χ2v) is 6.54. The Labute approximate surface area is 150 Å². The lowest BCUT2D eigenvalue weighted by molar-refractivity contribution is -0.123. The first kappa shape index (κ1) is 18.8. The Morgan fingerprint density at radius 1 is 1.00 bits per heavy atom. The van der Waals surface area contributed by atoms with E-state index in [1.54, 1.807) is 0 Å². The number of nitrogens with one attached hydrogen (secondary N) is 1. The van der Waals surface area contributed by atoms with Crippen molar-refractivity contribution < 1.29 is 14.3 Å². The topological polar surface area (TPSA) is 47.6 Å². The van der Waals surface area contributed by atoms with Crippen molar-refractivity contribution in [1.82, 2.24) is 5.32 Å². The quantitative estimate of drug-likeness (QED) is 0.831. The number of rotatable bonds is 7. The van der Waals surface area contributed by atoms with Gasteiger partial charge in [0.1, 0.15) is 18.1 Å². The zero-order valence-electron chi connectivity index (χ0n) is 15.7. The van der Waals surface area contributed by atoms with E-state index >= 15 is 0 Å². The summed E-state index contributed by atoms with van der Waals surface area (Å²) in [5.41, 5.74) is 4.43. The molecule has 0 fully saturated rings. The number of benzene rings is 2. The van der Waals surface area contributed by atoms with E-state index in [9.17, 15) is 4.79 Å². The van der Waals surface area contributed by atoms with E-state index in [0.717, 1.165) is 33.8 Å². The SMILES string of the molecule is Cc1cc(C)c(C)c(OCC(=O)N[C@@H](C)COc2ccccc2C)c1. The first-order valence-electron chi connectivity index (χ1n) is 8.55. The Hall–Kier alpha value is -2.49. The number of carbonyl (C=O) groups excluding carboxylic acids is 1. The van der Waals surface area contributed by atoms with Crippen LogP contribution in [-0.2, 0) is 4.79 Å². The van der Waals surface area contributed by atoms with Gasteiger partial charge >= 0.3 is 0 Å². The van der Waals surface area contributed by atoms with Gasteiger partial charge in [0.2, 0.25) is 0 Å². The minimum absolute atomic E-state index is 0.00155. The average molecular weight is 341 g/mol. The molecule has 2 aromatic carbocycles. The van der Waals surface area contributed by atoms with E-state index in [1.165, 1.54) is 0 Å². The van der Waals surface area contributed by atoms with Crippen LogP contribution >= 0.6 is 0 Å². The molecule has 1 N–H and O–H groups in total. The van der Waals surface area contributed by atoms with Crippen LogP contribution in [0.5, 0.6) is 11.5 Å². The summed E-state index contributed by atoms with van der Waals surface area (Å²) in [6.45, 7) is 10.4. The van der Waals surface area contributed by atoms with Crippen LogP contribution in [0.1, 0.15) is 29.2 Å². The van der Waals surface area contributed by atoms with E-state index in [0.29, 0.717) is 6.61 Å². The van der Waals surface area contributed by atoms with Gasteiger partial charge in [-0.25, -0.2) is 0 Å². The van der Waals surface area contributed by atoms with Crippen molar-refractivity contribution in [3.8, 4) is 11.5 Å². The molecule has 0 spiro atoms. The van der Waals surface area contributed by atoms with Crippen LogP contribution in [0.4, 0.5) is 0 Å². The van der Waals surface area contributed by atoms with Gasteiger partial charge in [0.25, 0.3) is 5.91 Å². The number of carbonyl (C=O) groups is 1. The number of aryl methyl sites for hydroxylation is 3. The Bertz CT molecular complexity index is 740. The van der Waals surface area contributed by atoms with Gasteiger partial charge in [0.05, 0.1) is 6.04 Å². The van der Waals surface area contributed by atoms with Crippen molar-refractivity contribution >= 4 is 5.91 Å². The van der Waals surface area contributed by atoms with Gasteiger partial charge in [0.15, 0.2) is 6.61 Å². The smallest absolute Gasteiger partial charge is 0.258 e. The molecule has 0 saturated heterocycles. The molecule has 25 heavy (non-hydrogen) atoms. The summed E-state index contributed by atoms with van der Waals surface area (Å²) in [4.78, 5) is 12.1. The molecule has 2 aromatic rings. The third-order valence-corrected chi connectivity index (χ3v) is 4.11. The Kier molecular flexibility index (Phi) is 6.45. The first-order valence-corrected chi connectivity index (χ1v) is 8.55. The summed E-state index contributed by atoms with van der Waals surface area (Å²) in [6, 6.07) is 11.8. The van der Waals surface area contributed by atoms with E-state index in [2.05, 4.69) is 11.4 Å². The highest BCUT2D eigenvalue weighted by Gasteiger charge is 2.11. The van der Waals surface area contributed by atoms with Gasteiger partial charge in [-0.15, -0.1) is 0 Å². The predicted octanol–water partition coefficient (Wildman–Crippen LogP) is 3.88. The maximum absolute atomic E-state index is 12.1. The van der Waals surface area contributed by atoms with Crippen LogP contribution in [0.2, 0.25) is 0 Å². The normalized spacial score (nSPS) is 11.7. The summed E-state index contributed by atoms with van der Waals surface area (Å²) < 4.78 is 11.4. The highest BCUT2D eigenvalue weighted by molar-refractivity contribution is 5.77. The zero-order valence-corrected chi connectivity index (χ0v) is 15.7. The second-order valence-electron chi connectivity index (χ2n) is 6.54. The molecular formula is C21H27NO3. The van der Waals surface area contributed by atoms with Gasteiger partial charge in [-0.1, -0.05) is 24.3 Å². The number of ether oxygens (including phenoxy) is 2. The van der Waals surface area contributed by atoms with Crippen molar-refractivity contribution in [3.05, 3.63) is 58.7 Å². The first-order chi connectivity index (χ1) is 11.9. The van der Waals surface area contributed by atoms with Gasteiger partial charge < -0.3 is 14.8 Å². The number of hydrogen-bond acceptors (Lipinski definition) is 3. The van der Waals surface area contributed by atoms with Crippen LogP contribution in [0, 0.1) is 27.7 Å². The van der Waals surface area contributed by atoms with Crippen LogP contribution in [0.3, 0.4) is 0 Å². The fraction of sp³-hybridized carbons (Fsp3) is 0.381. The lowest BCUT2D eigenvalue weighted by Crippen LogP contribution is -2.39. The van der Waals surface area contributed by atoms with E-state index in [-0.39, 0.29) is 18.6 Å². The lowest BCUT2D eigenvalue weighted by Gasteiger charge is -2.17. The van der Waals surface area contributed by atoms with E-state index in [4.69, 9.17) is 9.47 Å². The molecule has 4 heteroatoms. The molecule has 0 unspecified atom stereocenters. The Balaban J connectivity index is 1.81. The summed E-state index contributed by atoms with van der Waals surface area (Å²) in [5, 5.41) is 2.90. The monoisotopic (exact) mass is 341 g/mol. The highest BCUT2D eigenvalue weighted by atomic mass is 16.5. The van der Waals surface area contributed by atoms with Gasteiger partial charge in [0, 0.05) is 0 Å². The third-order valence-electron chi connectivity index (χ3n) is 4.11. The molecule has 1 amide bonds. The van der Waals surface area contributed by atoms with E-state index in [1.807, 2.05) is 65.0 Å². The molecule has 0 bridgehead atoms. The van der Waals surface area contributed by atoms with E-state index < -0.39 is 0 Å². The summed E-state index contributed by atoms with van der Waals surface area (Å²) in [6.07, 6.45) is 0. The summed E-state index contributed by atoms with van der Waals surface area (Å²) >= 11 is 0. The minimum atomic E-state index is -0.153. The average Bonchev–Trinajstić information content (AvgIpc) is 2.56. The number of hydrogen-bond donors (Lipinski definition) is 1. The van der Waals surface area contributed by atoms with Crippen LogP contribution in [0.25, 0.3) is 0 Å². The van der Waals surface area contributed by atoms with Gasteiger partial charge in [-0.05, 0) is 69.0 Å². The summed E-state index contributed by atoms with van der Waals surface area (Å²) in [7, 11) is 0. The highest BCUT2D eigenvalue weighted by Crippen LogP contribution is 2.23. The molecule has 0 radical (unpaired) electrons. The molecule has 134 valence electrons. The standard InChI is InChI=1S/C21H27NO3/c1-14-10-16(3)18(5)20(11-14)25-13-21(23)22-17(4)12-24-19-9-7-6-8-15(19)2/h6-11,17H,12-13H2,1-5H3,(H,22,23)/t17-/m0/s1. The maximum Gasteiger partial charge on any atom is 0.258 e. The molecule has 1 atom stereocenters. The fourth-order valence-corrected chi connectivity index (χ4v) is 2.59. The molecule has 0 heterocycles. The maximum atomic E-state index is 12.1. The third kappa shape index (κ3) is 5.52. The Morgan fingerprint density at radius 3 is 2.44 bits per heavy atom. The Morgan fingerprint density at radius 2 is 1.72 bits per heavy atom. The van der Waals surface area contributed by atoms with Crippen molar-refractivity contribution in [2.75, 3.05) is 13.2 Å². The molecule has 0 aliphatic heterocycles. The molecule has 0 aliphatic rings. The number of amides is 1. The van der Waals surface area contributed by atoms with Crippen LogP contribution in [0.15, 0.2) is 36.4 Å². The largest absolute Gasteiger partial charge is 0.491 e. The summed E-state index contributed by atoms with van der Waals surface area (Å²) in [5.74, 6) is 1.45. The van der Waals surface area contributed by atoms with Crippen molar-refractivity contribution in [2.24, 2.45) is 0 Å². The molecule has 0 aliphatic carbocycles. The second kappa shape index (κ2) is 8.56. The minimum Gasteiger partial charge on any atom is -0.491 e. The van der Waals surface area contributed by atoms with Gasteiger partial charge in [-0.2, -0.15) is 0 Å². The van der Waals surface area contributed by atoms with Crippen molar-refractivity contribution in [2.45, 2.75) is 40.7 Å². The van der Waals surface area contributed by atoms with Crippen molar-refractivity contribution in [3.63, 3.8) is 0 Å². The molecule has 0 aromatic heterocycles. The lowest BCUT2D eigenvalue weighted by atomic mass is 10.1. The molecule has 0 saturated carbocycles. The zero-order chi connectivity index (χ0) is 18.4. The van der Waals surface area contributed by atoms with Crippen LogP contribution in [-0.4, -0.2) is 25.2 Å². The molecule has 2 rings (SSSR count). The molecular weight excluding hydrogens is 314 g/mol. The van der Waals surface area contributed by atoms with Crippen LogP contribution < -0.4 is 14.8 Å². The van der Waals surface area contributed by atoms with Crippen molar-refractivity contribution in [1.29, 1.82) is 0 Å². The fourth-order valence-electron chi connectivity index (χ4n) is 2.59.